The van der Waals surface area contributed by atoms with Gasteiger partial charge >= 0.3 is 0 Å². The first-order valence-electron chi connectivity index (χ1n) is 6.35. The number of rotatable bonds is 4. The summed E-state index contributed by atoms with van der Waals surface area (Å²) in [6.07, 6.45) is 4.93. The van der Waals surface area contributed by atoms with Crippen LogP contribution in [0.4, 0.5) is 5.82 Å². The van der Waals surface area contributed by atoms with Crippen LogP contribution in [0.2, 0.25) is 0 Å². The second-order valence-electron chi connectivity index (χ2n) is 4.86. The fourth-order valence-corrected chi connectivity index (χ4v) is 2.62. The highest BCUT2D eigenvalue weighted by Gasteiger charge is 2.27. The highest BCUT2D eigenvalue weighted by molar-refractivity contribution is 5.30. The topological polar surface area (TPSA) is 61.0 Å². The van der Waals surface area contributed by atoms with Gasteiger partial charge in [0.1, 0.15) is 11.6 Å². The molecular weight excluding hydrogens is 214 g/mol. The molecule has 1 saturated carbocycles. The number of nitrogen functional groups attached to an aromatic ring is 1. The highest BCUT2D eigenvalue weighted by Crippen LogP contribution is 2.38. The second kappa shape index (κ2) is 5.45. The van der Waals surface area contributed by atoms with E-state index in [1.54, 1.807) is 13.2 Å². The van der Waals surface area contributed by atoms with Gasteiger partial charge in [-0.15, -0.1) is 0 Å². The van der Waals surface area contributed by atoms with E-state index >= 15 is 0 Å². The van der Waals surface area contributed by atoms with E-state index in [9.17, 15) is 0 Å². The first-order valence-corrected chi connectivity index (χ1v) is 6.35. The Bertz CT molecular complexity index is 381. The molecule has 0 spiro atoms. The van der Waals surface area contributed by atoms with Gasteiger partial charge < -0.3 is 10.5 Å². The van der Waals surface area contributed by atoms with Crippen LogP contribution in [0.25, 0.3) is 0 Å². The molecule has 0 aromatic carbocycles. The van der Waals surface area contributed by atoms with Crippen molar-refractivity contribution in [2.45, 2.75) is 45.1 Å². The minimum Gasteiger partial charge on any atom is -0.384 e. The van der Waals surface area contributed by atoms with Crippen molar-refractivity contribution in [2.75, 3.05) is 12.8 Å². The monoisotopic (exact) mass is 235 g/mol. The van der Waals surface area contributed by atoms with Crippen LogP contribution in [0.15, 0.2) is 6.07 Å². The predicted molar refractivity (Wildman–Crippen MR) is 67.5 cm³/mol. The second-order valence-corrected chi connectivity index (χ2v) is 4.86. The van der Waals surface area contributed by atoms with E-state index in [4.69, 9.17) is 10.5 Å². The Morgan fingerprint density at radius 1 is 1.41 bits per heavy atom. The van der Waals surface area contributed by atoms with Gasteiger partial charge in [-0.2, -0.15) is 0 Å². The molecule has 0 aliphatic heterocycles. The van der Waals surface area contributed by atoms with Gasteiger partial charge in [0.15, 0.2) is 0 Å². The first kappa shape index (κ1) is 12.3. The van der Waals surface area contributed by atoms with Gasteiger partial charge in [0.2, 0.25) is 0 Å². The molecule has 1 aromatic rings. The van der Waals surface area contributed by atoms with Crippen LogP contribution < -0.4 is 5.73 Å². The zero-order valence-corrected chi connectivity index (χ0v) is 10.6. The number of hydrogen-bond donors (Lipinski definition) is 1. The predicted octanol–water partition coefficient (Wildman–Crippen LogP) is 2.50. The average Bonchev–Trinajstić information content (AvgIpc) is 2.77. The van der Waals surface area contributed by atoms with E-state index in [0.29, 0.717) is 18.3 Å². The lowest BCUT2D eigenvalue weighted by molar-refractivity contribution is 0.181. The van der Waals surface area contributed by atoms with Crippen molar-refractivity contribution < 1.29 is 4.74 Å². The van der Waals surface area contributed by atoms with Crippen molar-refractivity contribution in [3.63, 3.8) is 0 Å². The summed E-state index contributed by atoms with van der Waals surface area (Å²) in [4.78, 5) is 8.94. The summed E-state index contributed by atoms with van der Waals surface area (Å²) >= 11 is 0. The van der Waals surface area contributed by atoms with Gasteiger partial charge in [-0.3, -0.25) is 0 Å². The van der Waals surface area contributed by atoms with E-state index in [-0.39, 0.29) is 0 Å². The Hall–Kier alpha value is -1.16. The molecule has 0 saturated heterocycles. The number of nitrogens with zero attached hydrogens (tertiary/aromatic N) is 2. The zero-order chi connectivity index (χ0) is 12.3. The molecule has 1 aromatic heterocycles. The van der Waals surface area contributed by atoms with Crippen LogP contribution >= 0.6 is 0 Å². The maximum atomic E-state index is 5.82. The Labute approximate surface area is 103 Å². The van der Waals surface area contributed by atoms with Crippen molar-refractivity contribution in [2.24, 2.45) is 5.92 Å². The molecular formula is C13H21N3O. The third-order valence-corrected chi connectivity index (χ3v) is 3.59. The summed E-state index contributed by atoms with van der Waals surface area (Å²) in [6, 6.07) is 1.79. The molecule has 4 heteroatoms. The third kappa shape index (κ3) is 2.94. The first-order chi connectivity index (χ1) is 8.22. The Morgan fingerprint density at radius 2 is 2.24 bits per heavy atom. The maximum absolute atomic E-state index is 5.82. The number of nitrogens with two attached hydrogens (primary N) is 1. The summed E-state index contributed by atoms with van der Waals surface area (Å²) < 4.78 is 5.10. The van der Waals surface area contributed by atoms with E-state index < -0.39 is 0 Å². The lowest BCUT2D eigenvalue weighted by atomic mass is 10.0. The average molecular weight is 235 g/mol. The molecule has 1 heterocycles. The van der Waals surface area contributed by atoms with Gasteiger partial charge in [0, 0.05) is 19.1 Å². The summed E-state index contributed by atoms with van der Waals surface area (Å²) in [7, 11) is 1.67. The van der Waals surface area contributed by atoms with Crippen LogP contribution in [0.5, 0.6) is 0 Å². The maximum Gasteiger partial charge on any atom is 0.134 e. The Kier molecular flexibility index (Phi) is 3.94. The van der Waals surface area contributed by atoms with Gasteiger partial charge in [-0.1, -0.05) is 13.3 Å². The normalized spacial score (nSPS) is 24.1. The molecule has 17 heavy (non-hydrogen) atoms. The third-order valence-electron chi connectivity index (χ3n) is 3.59. The molecule has 1 aliphatic rings. The minimum atomic E-state index is 0.485. The van der Waals surface area contributed by atoms with Crippen LogP contribution in [-0.4, -0.2) is 17.1 Å². The largest absolute Gasteiger partial charge is 0.384 e. The van der Waals surface area contributed by atoms with Gasteiger partial charge in [-0.25, -0.2) is 9.97 Å². The summed E-state index contributed by atoms with van der Waals surface area (Å²) in [5.41, 5.74) is 6.70. The quantitative estimate of drug-likeness (QED) is 0.871. The standard InChI is InChI=1S/C13H21N3O/c1-3-9-4-5-10(6-9)13-15-11(8-17-2)7-12(14)16-13/h7,9-10H,3-6,8H2,1-2H3,(H2,14,15,16). The molecule has 1 fully saturated rings. The molecule has 0 bridgehead atoms. The summed E-state index contributed by atoms with van der Waals surface area (Å²) in [6.45, 7) is 2.76. The van der Waals surface area contributed by atoms with Crippen LogP contribution in [0.3, 0.4) is 0 Å². The lowest BCUT2D eigenvalue weighted by Crippen LogP contribution is -2.07. The molecule has 2 unspecified atom stereocenters. The van der Waals surface area contributed by atoms with Crippen LogP contribution in [-0.2, 0) is 11.3 Å². The van der Waals surface area contributed by atoms with Gasteiger partial charge in [0.05, 0.1) is 12.3 Å². The summed E-state index contributed by atoms with van der Waals surface area (Å²) in [5.74, 6) is 2.78. The van der Waals surface area contributed by atoms with E-state index in [0.717, 1.165) is 17.4 Å². The Balaban J connectivity index is 2.15. The number of aromatic nitrogens is 2. The molecule has 2 rings (SSSR count). The molecule has 1 aliphatic carbocycles. The minimum absolute atomic E-state index is 0.485. The zero-order valence-electron chi connectivity index (χ0n) is 10.6. The van der Waals surface area contributed by atoms with Crippen molar-refractivity contribution in [3.05, 3.63) is 17.6 Å². The SMILES string of the molecule is CCC1CCC(c2nc(N)cc(COC)n2)C1. The Morgan fingerprint density at radius 3 is 2.88 bits per heavy atom. The number of anilines is 1. The molecule has 4 nitrogen and oxygen atoms in total. The number of methoxy groups -OCH3 is 1. The highest BCUT2D eigenvalue weighted by atomic mass is 16.5. The van der Waals surface area contributed by atoms with E-state index in [1.807, 2.05) is 0 Å². The van der Waals surface area contributed by atoms with Crippen molar-refractivity contribution in [1.29, 1.82) is 0 Å². The summed E-state index contributed by atoms with van der Waals surface area (Å²) in [5, 5.41) is 0. The van der Waals surface area contributed by atoms with E-state index in [1.165, 1.54) is 25.7 Å². The van der Waals surface area contributed by atoms with Gasteiger partial charge in [0.25, 0.3) is 0 Å². The van der Waals surface area contributed by atoms with Crippen molar-refractivity contribution in [3.8, 4) is 0 Å². The van der Waals surface area contributed by atoms with Gasteiger partial charge in [-0.05, 0) is 25.2 Å². The smallest absolute Gasteiger partial charge is 0.134 e. The lowest BCUT2D eigenvalue weighted by Gasteiger charge is -2.11. The fraction of sp³-hybridized carbons (Fsp3) is 0.692. The number of hydrogen-bond acceptors (Lipinski definition) is 4. The molecule has 0 radical (unpaired) electrons. The fourth-order valence-electron chi connectivity index (χ4n) is 2.62. The number of ether oxygens (including phenoxy) is 1. The molecule has 94 valence electrons. The molecule has 2 atom stereocenters. The van der Waals surface area contributed by atoms with Crippen LogP contribution in [0, 0.1) is 5.92 Å². The van der Waals surface area contributed by atoms with Crippen molar-refractivity contribution in [1.82, 2.24) is 9.97 Å². The molecule has 2 N–H and O–H groups in total. The van der Waals surface area contributed by atoms with E-state index in [2.05, 4.69) is 16.9 Å². The van der Waals surface area contributed by atoms with Crippen molar-refractivity contribution >= 4 is 5.82 Å². The molecule has 0 amide bonds. The van der Waals surface area contributed by atoms with Crippen LogP contribution in [0.1, 0.15) is 50.0 Å².